The molecule has 0 atom stereocenters. The van der Waals surface area contributed by atoms with Crippen LogP contribution in [0.1, 0.15) is 11.3 Å². The van der Waals surface area contributed by atoms with Crippen LogP contribution in [0.4, 0.5) is 0 Å². The molecule has 0 fully saturated rings. The Kier molecular flexibility index (Phi) is 2.22. The van der Waals surface area contributed by atoms with Gasteiger partial charge in [-0.05, 0) is 28.1 Å². The van der Waals surface area contributed by atoms with Crippen molar-refractivity contribution in [2.45, 2.75) is 13.1 Å². The first-order chi connectivity index (χ1) is 7.77. The number of rotatable bonds is 1. The van der Waals surface area contributed by atoms with Gasteiger partial charge in [0.1, 0.15) is 16.0 Å². The topological polar surface area (TPSA) is 50.1 Å². The van der Waals surface area contributed by atoms with Crippen molar-refractivity contribution in [2.75, 3.05) is 0 Å². The normalized spacial score (nSPS) is 14.1. The molecule has 1 aliphatic heterocycles. The molecule has 2 N–H and O–H groups in total. The zero-order valence-corrected chi connectivity index (χ0v) is 10.0. The highest BCUT2D eigenvalue weighted by Crippen LogP contribution is 2.29. The van der Waals surface area contributed by atoms with E-state index in [4.69, 9.17) is 0 Å². The van der Waals surface area contributed by atoms with Gasteiger partial charge in [-0.25, -0.2) is 4.68 Å². The molecule has 1 aliphatic rings. The summed E-state index contributed by atoms with van der Waals surface area (Å²) in [6, 6.07) is 7.21. The predicted molar refractivity (Wildman–Crippen MR) is 63.5 cm³/mol. The molecule has 5 heteroatoms. The van der Waals surface area contributed by atoms with Gasteiger partial charge in [0.25, 0.3) is 0 Å². The second kappa shape index (κ2) is 3.61. The monoisotopic (exact) mass is 279 g/mol. The zero-order valence-electron chi connectivity index (χ0n) is 8.44. The number of para-hydroxylation sites is 2. The van der Waals surface area contributed by atoms with E-state index in [9.17, 15) is 5.11 Å². The van der Waals surface area contributed by atoms with Crippen molar-refractivity contribution in [3.05, 3.63) is 40.1 Å². The first-order valence-corrected chi connectivity index (χ1v) is 5.82. The van der Waals surface area contributed by atoms with Gasteiger partial charge in [0.05, 0.1) is 5.69 Å². The lowest BCUT2D eigenvalue weighted by atomic mass is 10.2. The van der Waals surface area contributed by atoms with E-state index >= 15 is 0 Å². The minimum absolute atomic E-state index is 0.243. The molecule has 0 aliphatic carbocycles. The SMILES string of the molecule is Oc1ccccc1-n1nc(Br)c2c1CNC2. The molecular formula is C11H10BrN3O. The van der Waals surface area contributed by atoms with Crippen LogP contribution in [-0.2, 0) is 13.1 Å². The van der Waals surface area contributed by atoms with Crippen molar-refractivity contribution < 1.29 is 5.11 Å². The third kappa shape index (κ3) is 1.36. The molecule has 0 amide bonds. The third-order valence-corrected chi connectivity index (χ3v) is 3.38. The standard InChI is InChI=1S/C11H10BrN3O/c12-11-7-5-13-6-9(7)15(14-11)8-3-1-2-4-10(8)16/h1-4,13,16H,5-6H2. The van der Waals surface area contributed by atoms with E-state index < -0.39 is 0 Å². The maximum atomic E-state index is 9.81. The number of nitrogens with one attached hydrogen (secondary N) is 1. The number of phenolic OH excluding ortho intramolecular Hbond substituents is 1. The lowest BCUT2D eigenvalue weighted by molar-refractivity contribution is 0.469. The lowest BCUT2D eigenvalue weighted by Gasteiger charge is -2.06. The number of aromatic nitrogens is 2. The molecule has 16 heavy (non-hydrogen) atoms. The summed E-state index contributed by atoms with van der Waals surface area (Å²) in [5.74, 6) is 0.243. The number of benzene rings is 1. The summed E-state index contributed by atoms with van der Waals surface area (Å²) in [6.07, 6.45) is 0. The molecule has 1 aromatic carbocycles. The molecule has 2 aromatic rings. The van der Waals surface area contributed by atoms with E-state index in [2.05, 4.69) is 26.3 Å². The van der Waals surface area contributed by atoms with Crippen LogP contribution in [0.25, 0.3) is 5.69 Å². The fraction of sp³-hybridized carbons (Fsp3) is 0.182. The Hall–Kier alpha value is -1.33. The quantitative estimate of drug-likeness (QED) is 0.839. The fourth-order valence-corrected chi connectivity index (χ4v) is 2.49. The summed E-state index contributed by atoms with van der Waals surface area (Å²) in [6.45, 7) is 1.60. The summed E-state index contributed by atoms with van der Waals surface area (Å²) in [5.41, 5.74) is 2.99. The van der Waals surface area contributed by atoms with Gasteiger partial charge in [0.15, 0.2) is 0 Å². The molecule has 0 radical (unpaired) electrons. The van der Waals surface area contributed by atoms with E-state index in [-0.39, 0.29) is 5.75 Å². The Bertz CT molecular complexity index is 550. The number of hydrogen-bond acceptors (Lipinski definition) is 3. The van der Waals surface area contributed by atoms with Crippen LogP contribution in [0.3, 0.4) is 0 Å². The second-order valence-corrected chi connectivity index (χ2v) is 4.47. The minimum atomic E-state index is 0.243. The van der Waals surface area contributed by atoms with Crippen LogP contribution in [0.5, 0.6) is 5.75 Å². The van der Waals surface area contributed by atoms with Gasteiger partial charge >= 0.3 is 0 Å². The Balaban J connectivity index is 2.21. The van der Waals surface area contributed by atoms with Crippen LogP contribution in [0.2, 0.25) is 0 Å². The van der Waals surface area contributed by atoms with Gasteiger partial charge in [0.2, 0.25) is 0 Å². The highest BCUT2D eigenvalue weighted by Gasteiger charge is 2.22. The number of nitrogens with zero attached hydrogens (tertiary/aromatic N) is 2. The number of fused-ring (bicyclic) bond motifs is 1. The van der Waals surface area contributed by atoms with E-state index in [0.717, 1.165) is 23.4 Å². The molecule has 2 heterocycles. The van der Waals surface area contributed by atoms with Crippen molar-refractivity contribution in [3.63, 3.8) is 0 Å². The first-order valence-electron chi connectivity index (χ1n) is 5.02. The molecule has 0 spiro atoms. The summed E-state index contributed by atoms with van der Waals surface area (Å²) in [7, 11) is 0. The maximum absolute atomic E-state index is 9.81. The van der Waals surface area contributed by atoms with Crippen molar-refractivity contribution in [1.82, 2.24) is 15.1 Å². The summed E-state index contributed by atoms with van der Waals surface area (Å²) in [5, 5.41) is 17.5. The Labute approximate surface area is 101 Å². The van der Waals surface area contributed by atoms with Gasteiger partial charge in [0, 0.05) is 18.7 Å². The number of hydrogen-bond donors (Lipinski definition) is 2. The summed E-state index contributed by atoms with van der Waals surface area (Å²) >= 11 is 3.44. The number of aromatic hydroxyl groups is 1. The molecule has 0 bridgehead atoms. The van der Waals surface area contributed by atoms with Crippen molar-refractivity contribution in [3.8, 4) is 11.4 Å². The predicted octanol–water partition coefficient (Wildman–Crippen LogP) is 1.94. The number of halogens is 1. The molecule has 0 saturated heterocycles. The van der Waals surface area contributed by atoms with Crippen molar-refractivity contribution >= 4 is 15.9 Å². The Morgan fingerprint density at radius 3 is 2.94 bits per heavy atom. The highest BCUT2D eigenvalue weighted by atomic mass is 79.9. The minimum Gasteiger partial charge on any atom is -0.506 e. The van der Waals surface area contributed by atoms with E-state index in [1.807, 2.05) is 12.1 Å². The van der Waals surface area contributed by atoms with E-state index in [1.165, 1.54) is 5.56 Å². The fourth-order valence-electron chi connectivity index (χ4n) is 1.96. The molecule has 82 valence electrons. The second-order valence-electron chi connectivity index (χ2n) is 3.72. The lowest BCUT2D eigenvalue weighted by Crippen LogP contribution is -2.07. The molecular weight excluding hydrogens is 270 g/mol. The van der Waals surface area contributed by atoms with Gasteiger partial charge in [-0.15, -0.1) is 0 Å². The van der Waals surface area contributed by atoms with Crippen LogP contribution >= 0.6 is 15.9 Å². The molecule has 3 rings (SSSR count). The van der Waals surface area contributed by atoms with Crippen molar-refractivity contribution in [1.29, 1.82) is 0 Å². The Morgan fingerprint density at radius 1 is 1.31 bits per heavy atom. The molecule has 0 saturated carbocycles. The van der Waals surface area contributed by atoms with Gasteiger partial charge in [-0.1, -0.05) is 12.1 Å². The Morgan fingerprint density at radius 2 is 2.12 bits per heavy atom. The van der Waals surface area contributed by atoms with Gasteiger partial charge in [-0.2, -0.15) is 5.10 Å². The first kappa shape index (κ1) is 9.86. The van der Waals surface area contributed by atoms with E-state index in [1.54, 1.807) is 16.8 Å². The average molecular weight is 280 g/mol. The number of phenols is 1. The maximum Gasteiger partial charge on any atom is 0.141 e. The van der Waals surface area contributed by atoms with Crippen LogP contribution < -0.4 is 5.32 Å². The zero-order chi connectivity index (χ0) is 11.1. The smallest absolute Gasteiger partial charge is 0.141 e. The van der Waals surface area contributed by atoms with Crippen LogP contribution in [-0.4, -0.2) is 14.9 Å². The highest BCUT2D eigenvalue weighted by molar-refractivity contribution is 9.10. The third-order valence-electron chi connectivity index (χ3n) is 2.74. The van der Waals surface area contributed by atoms with Crippen molar-refractivity contribution in [2.24, 2.45) is 0 Å². The molecule has 0 unspecified atom stereocenters. The summed E-state index contributed by atoms with van der Waals surface area (Å²) in [4.78, 5) is 0. The van der Waals surface area contributed by atoms with Crippen LogP contribution in [0.15, 0.2) is 28.9 Å². The molecule has 1 aromatic heterocycles. The molecule has 4 nitrogen and oxygen atoms in total. The van der Waals surface area contributed by atoms with E-state index in [0.29, 0.717) is 5.69 Å². The van der Waals surface area contributed by atoms with Gasteiger partial charge < -0.3 is 10.4 Å². The van der Waals surface area contributed by atoms with Gasteiger partial charge in [-0.3, -0.25) is 0 Å². The van der Waals surface area contributed by atoms with Crippen LogP contribution in [0, 0.1) is 0 Å². The largest absolute Gasteiger partial charge is 0.506 e. The summed E-state index contributed by atoms with van der Waals surface area (Å²) < 4.78 is 2.63. The average Bonchev–Trinajstić information content (AvgIpc) is 2.84.